The molecule has 1 aliphatic heterocycles. The maximum Gasteiger partial charge on any atom is 0.340 e. The minimum Gasteiger partial charge on any atom is -0.497 e. The van der Waals surface area contributed by atoms with Gasteiger partial charge in [0.2, 0.25) is 5.91 Å². The molecule has 3 N–H and O–H groups in total. The monoisotopic (exact) mass is 396 g/mol. The van der Waals surface area contributed by atoms with Crippen LogP contribution in [0.3, 0.4) is 0 Å². The normalized spacial score (nSPS) is 16.4. The fraction of sp³-hybridized carbons (Fsp3) is 0.526. The highest BCUT2D eigenvalue weighted by atomic mass is 19.1. The Bertz CT molecular complexity index is 748. The van der Waals surface area contributed by atoms with Gasteiger partial charge in [0.25, 0.3) is 0 Å². The van der Waals surface area contributed by atoms with Crippen LogP contribution in [-0.2, 0) is 20.7 Å². The largest absolute Gasteiger partial charge is 0.497 e. The minimum atomic E-state index is -1.05. The van der Waals surface area contributed by atoms with Crippen molar-refractivity contribution in [2.75, 3.05) is 27.3 Å². The van der Waals surface area contributed by atoms with Crippen molar-refractivity contribution < 1.29 is 33.4 Å². The maximum absolute atomic E-state index is 14.8. The molecule has 1 amide bonds. The molecular weight excluding hydrogens is 371 g/mol. The summed E-state index contributed by atoms with van der Waals surface area (Å²) in [7, 11) is 2.48. The minimum absolute atomic E-state index is 0.0362. The highest BCUT2D eigenvalue weighted by Gasteiger charge is 2.33. The number of nitrogens with zero attached hydrogens (tertiary/aromatic N) is 1. The number of carboxylic acid groups (broad SMARTS) is 1. The van der Waals surface area contributed by atoms with E-state index in [1.165, 1.54) is 19.2 Å². The van der Waals surface area contributed by atoms with Gasteiger partial charge in [0.1, 0.15) is 17.6 Å². The fourth-order valence-corrected chi connectivity index (χ4v) is 3.47. The smallest absolute Gasteiger partial charge is 0.340 e. The first-order valence-corrected chi connectivity index (χ1v) is 8.99. The quantitative estimate of drug-likeness (QED) is 0.602. The van der Waals surface area contributed by atoms with Gasteiger partial charge in [-0.25, -0.2) is 9.18 Å². The fourth-order valence-electron chi connectivity index (χ4n) is 3.47. The van der Waals surface area contributed by atoms with Crippen molar-refractivity contribution in [3.05, 3.63) is 29.1 Å². The van der Waals surface area contributed by atoms with Crippen molar-refractivity contribution in [1.29, 1.82) is 0 Å². The molecule has 1 saturated heterocycles. The van der Waals surface area contributed by atoms with Gasteiger partial charge in [0, 0.05) is 5.92 Å². The lowest BCUT2D eigenvalue weighted by Gasteiger charge is -2.26. The van der Waals surface area contributed by atoms with Gasteiger partial charge in [0.05, 0.1) is 19.8 Å². The average Bonchev–Trinajstić information content (AvgIpc) is 3.19. The zero-order valence-electron chi connectivity index (χ0n) is 15.9. The van der Waals surface area contributed by atoms with E-state index in [4.69, 9.17) is 10.5 Å². The molecule has 1 aromatic carbocycles. The number of halogens is 1. The summed E-state index contributed by atoms with van der Waals surface area (Å²) < 4.78 is 24.5. The van der Waals surface area contributed by atoms with Crippen molar-refractivity contribution in [1.82, 2.24) is 4.90 Å². The summed E-state index contributed by atoms with van der Waals surface area (Å²) in [6, 6.07) is 1.69. The average molecular weight is 396 g/mol. The van der Waals surface area contributed by atoms with Crippen LogP contribution in [0.5, 0.6) is 5.75 Å². The van der Waals surface area contributed by atoms with E-state index < -0.39 is 35.6 Å². The van der Waals surface area contributed by atoms with Crippen LogP contribution < -0.4 is 10.5 Å². The first-order chi connectivity index (χ1) is 13.3. The SMILES string of the molecule is COC(=O)c1cc(OC)cc(CC(CC(C(=O)O)N2CCCC2)C(N)=O)c1F. The molecule has 28 heavy (non-hydrogen) atoms. The number of primary amides is 1. The summed E-state index contributed by atoms with van der Waals surface area (Å²) in [4.78, 5) is 37.3. The Kier molecular flexibility index (Phi) is 7.33. The Morgan fingerprint density at radius 1 is 1.25 bits per heavy atom. The van der Waals surface area contributed by atoms with Gasteiger partial charge in [0.15, 0.2) is 0 Å². The third-order valence-corrected chi connectivity index (χ3v) is 5.01. The maximum atomic E-state index is 14.8. The molecule has 1 heterocycles. The van der Waals surface area contributed by atoms with Gasteiger partial charge in [-0.15, -0.1) is 0 Å². The molecule has 0 bridgehead atoms. The van der Waals surface area contributed by atoms with Gasteiger partial charge in [-0.2, -0.15) is 0 Å². The molecule has 0 radical (unpaired) electrons. The molecule has 2 rings (SSSR count). The van der Waals surface area contributed by atoms with Crippen LogP contribution in [0.2, 0.25) is 0 Å². The van der Waals surface area contributed by atoms with Crippen molar-refractivity contribution in [3.63, 3.8) is 0 Å². The molecule has 1 fully saturated rings. The predicted octanol–water partition coefficient (Wildman–Crippen LogP) is 1.20. The molecule has 0 aliphatic carbocycles. The van der Waals surface area contributed by atoms with Crippen LogP contribution in [-0.4, -0.2) is 61.2 Å². The second-order valence-electron chi connectivity index (χ2n) is 6.78. The Balaban J connectivity index is 2.31. The van der Waals surface area contributed by atoms with Gasteiger partial charge >= 0.3 is 11.9 Å². The molecule has 2 unspecified atom stereocenters. The van der Waals surface area contributed by atoms with Crippen molar-refractivity contribution in [3.8, 4) is 5.75 Å². The molecule has 0 spiro atoms. The van der Waals surface area contributed by atoms with E-state index in [2.05, 4.69) is 4.74 Å². The summed E-state index contributed by atoms with van der Waals surface area (Å²) in [5, 5.41) is 9.57. The van der Waals surface area contributed by atoms with Crippen molar-refractivity contribution in [2.45, 2.75) is 31.7 Å². The lowest BCUT2D eigenvalue weighted by molar-refractivity contribution is -0.143. The number of carbonyl (C=O) groups is 3. The molecule has 2 atom stereocenters. The Hall–Kier alpha value is -2.68. The number of carboxylic acids is 1. The third kappa shape index (κ3) is 4.98. The van der Waals surface area contributed by atoms with Crippen LogP contribution in [0.25, 0.3) is 0 Å². The van der Waals surface area contributed by atoms with Gasteiger partial charge in [-0.1, -0.05) is 0 Å². The van der Waals surface area contributed by atoms with Crippen LogP contribution in [0, 0.1) is 11.7 Å². The van der Waals surface area contributed by atoms with Crippen LogP contribution >= 0.6 is 0 Å². The number of amides is 1. The third-order valence-electron chi connectivity index (χ3n) is 5.01. The first-order valence-electron chi connectivity index (χ1n) is 8.99. The number of aliphatic carboxylic acids is 1. The molecule has 0 aromatic heterocycles. The topological polar surface area (TPSA) is 119 Å². The second kappa shape index (κ2) is 9.50. The summed E-state index contributed by atoms with van der Waals surface area (Å²) in [5.41, 5.74) is 5.19. The highest BCUT2D eigenvalue weighted by Crippen LogP contribution is 2.27. The van der Waals surface area contributed by atoms with Crippen LogP contribution in [0.4, 0.5) is 4.39 Å². The Morgan fingerprint density at radius 2 is 1.89 bits per heavy atom. The van der Waals surface area contributed by atoms with Gasteiger partial charge < -0.3 is 20.3 Å². The number of rotatable bonds is 9. The van der Waals surface area contributed by atoms with E-state index >= 15 is 0 Å². The van der Waals surface area contributed by atoms with E-state index in [-0.39, 0.29) is 29.7 Å². The number of likely N-dealkylation sites (tertiary alicyclic amines) is 1. The molecule has 8 nitrogen and oxygen atoms in total. The lowest BCUT2D eigenvalue weighted by atomic mass is 9.90. The Labute approximate surface area is 162 Å². The zero-order valence-corrected chi connectivity index (χ0v) is 15.9. The van der Waals surface area contributed by atoms with E-state index in [1.54, 1.807) is 4.90 Å². The summed E-state index contributed by atoms with van der Waals surface area (Å²) in [6.45, 7) is 1.25. The molecule has 1 aliphatic rings. The van der Waals surface area contributed by atoms with E-state index in [9.17, 15) is 23.9 Å². The number of hydrogen-bond acceptors (Lipinski definition) is 6. The molecule has 0 saturated carbocycles. The number of carbonyl (C=O) groups excluding carboxylic acids is 2. The van der Waals surface area contributed by atoms with Gasteiger partial charge in [-0.05, 0) is 56.5 Å². The number of hydrogen-bond donors (Lipinski definition) is 2. The lowest BCUT2D eigenvalue weighted by Crippen LogP contribution is -2.43. The van der Waals surface area contributed by atoms with Crippen LogP contribution in [0.1, 0.15) is 35.2 Å². The van der Waals surface area contributed by atoms with Crippen LogP contribution in [0.15, 0.2) is 12.1 Å². The highest BCUT2D eigenvalue weighted by molar-refractivity contribution is 5.90. The summed E-state index contributed by atoms with van der Waals surface area (Å²) in [6.07, 6.45) is 1.57. The molecule has 1 aromatic rings. The summed E-state index contributed by atoms with van der Waals surface area (Å²) >= 11 is 0. The Morgan fingerprint density at radius 3 is 2.39 bits per heavy atom. The van der Waals surface area contributed by atoms with E-state index in [1.807, 2.05) is 0 Å². The standard InChI is InChI=1S/C19H25FN2O6/c1-27-13-8-11(16(20)14(10-13)19(26)28-2)7-12(17(21)23)9-15(18(24)25)22-5-3-4-6-22/h8,10,12,15H,3-7,9H2,1-2H3,(H2,21,23)(H,24,25). The van der Waals surface area contributed by atoms with Gasteiger partial charge in [-0.3, -0.25) is 14.5 Å². The van der Waals surface area contributed by atoms with Crippen molar-refractivity contribution >= 4 is 17.8 Å². The molecular formula is C19H25FN2O6. The first kappa shape index (κ1) is 21.6. The van der Waals surface area contributed by atoms with E-state index in [0.717, 1.165) is 20.0 Å². The number of nitrogens with two attached hydrogens (primary N) is 1. The van der Waals surface area contributed by atoms with E-state index in [0.29, 0.717) is 13.1 Å². The molecule has 154 valence electrons. The number of ether oxygens (including phenoxy) is 2. The van der Waals surface area contributed by atoms with Crippen molar-refractivity contribution in [2.24, 2.45) is 11.7 Å². The number of esters is 1. The summed E-state index contributed by atoms with van der Waals surface area (Å²) in [5.74, 6) is -4.20. The molecule has 9 heteroatoms. The predicted molar refractivity (Wildman–Crippen MR) is 97.5 cm³/mol. The number of benzene rings is 1. The second-order valence-corrected chi connectivity index (χ2v) is 6.78. The zero-order chi connectivity index (χ0) is 20.8. The number of methoxy groups -OCH3 is 2.